The van der Waals surface area contributed by atoms with Gasteiger partial charge in [0.25, 0.3) is 0 Å². The van der Waals surface area contributed by atoms with Crippen molar-refractivity contribution in [3.63, 3.8) is 0 Å². The monoisotopic (exact) mass is 308 g/mol. The molecule has 0 fully saturated rings. The highest BCUT2D eigenvalue weighted by atomic mass is 32.1. The van der Waals surface area contributed by atoms with Gasteiger partial charge in [0.2, 0.25) is 5.88 Å². The summed E-state index contributed by atoms with van der Waals surface area (Å²) in [5.41, 5.74) is 0.860. The van der Waals surface area contributed by atoms with Gasteiger partial charge in [0.1, 0.15) is 17.2 Å². The zero-order chi connectivity index (χ0) is 15.4. The second kappa shape index (κ2) is 6.49. The Morgan fingerprint density at radius 2 is 2.29 bits per heavy atom. The summed E-state index contributed by atoms with van der Waals surface area (Å²) < 4.78 is 5.42. The van der Waals surface area contributed by atoms with Crippen molar-refractivity contribution in [1.82, 2.24) is 15.0 Å². The molecular formula is C13H16N4O3S. The van der Waals surface area contributed by atoms with E-state index in [1.54, 1.807) is 0 Å². The van der Waals surface area contributed by atoms with Crippen LogP contribution in [-0.4, -0.2) is 32.6 Å². The van der Waals surface area contributed by atoms with Gasteiger partial charge < -0.3 is 15.2 Å². The van der Waals surface area contributed by atoms with Gasteiger partial charge in [-0.1, -0.05) is 0 Å². The molecule has 1 unspecified atom stereocenters. The van der Waals surface area contributed by atoms with Gasteiger partial charge >= 0.3 is 5.97 Å². The summed E-state index contributed by atoms with van der Waals surface area (Å²) in [6, 6.07) is -0.161. The number of carbonyl (C=O) groups is 1. The van der Waals surface area contributed by atoms with E-state index in [0.29, 0.717) is 23.3 Å². The van der Waals surface area contributed by atoms with E-state index in [2.05, 4.69) is 20.3 Å². The fourth-order valence-corrected chi connectivity index (χ4v) is 2.51. The molecule has 0 amide bonds. The Hall–Kier alpha value is -2.22. The Balaban J connectivity index is 2.17. The smallest absolute Gasteiger partial charge is 0.355 e. The number of aromatic carboxylic acids is 1. The van der Waals surface area contributed by atoms with Crippen LogP contribution in [-0.2, 0) is 0 Å². The summed E-state index contributed by atoms with van der Waals surface area (Å²) in [4.78, 5) is 23.2. The molecule has 0 spiro atoms. The maximum absolute atomic E-state index is 10.9. The summed E-state index contributed by atoms with van der Waals surface area (Å²) >= 11 is 1.30. The quantitative estimate of drug-likeness (QED) is 0.846. The highest BCUT2D eigenvalue weighted by Crippen LogP contribution is 2.26. The second-order valence-corrected chi connectivity index (χ2v) is 5.22. The molecule has 2 aromatic heterocycles. The van der Waals surface area contributed by atoms with Crippen LogP contribution in [0.25, 0.3) is 0 Å². The van der Waals surface area contributed by atoms with Crippen molar-refractivity contribution in [3.8, 4) is 5.88 Å². The molecule has 7 nitrogen and oxygen atoms in total. The number of hydrogen-bond donors (Lipinski definition) is 2. The molecule has 2 heterocycles. The topological polar surface area (TPSA) is 97.2 Å². The number of nitrogens with one attached hydrogen (secondary N) is 1. The fourth-order valence-electron chi connectivity index (χ4n) is 1.71. The third-order valence-corrected chi connectivity index (χ3v) is 3.81. The van der Waals surface area contributed by atoms with Crippen molar-refractivity contribution >= 4 is 23.1 Å². The van der Waals surface area contributed by atoms with E-state index in [1.165, 1.54) is 23.0 Å². The number of ether oxygens (including phenoxy) is 1. The van der Waals surface area contributed by atoms with E-state index >= 15 is 0 Å². The number of rotatable bonds is 6. The summed E-state index contributed by atoms with van der Waals surface area (Å²) in [6.45, 7) is 6.18. The van der Waals surface area contributed by atoms with Crippen LogP contribution in [0.5, 0.6) is 5.88 Å². The molecule has 1 atom stereocenters. The first-order chi connectivity index (χ1) is 10.0. The van der Waals surface area contributed by atoms with Crippen molar-refractivity contribution in [3.05, 3.63) is 28.0 Å². The molecule has 2 N–H and O–H groups in total. The normalized spacial score (nSPS) is 12.0. The lowest BCUT2D eigenvalue weighted by Gasteiger charge is -2.15. The van der Waals surface area contributed by atoms with Crippen molar-refractivity contribution in [2.45, 2.75) is 26.8 Å². The molecule has 0 saturated carbocycles. The van der Waals surface area contributed by atoms with Gasteiger partial charge in [-0.25, -0.2) is 19.7 Å². The Kier molecular flexibility index (Phi) is 4.69. The number of anilines is 1. The van der Waals surface area contributed by atoms with Crippen LogP contribution in [0.3, 0.4) is 0 Å². The molecule has 2 rings (SSSR count). The standard InChI is InChI=1S/C13H16N4O3S/c1-4-20-11-7(2)10(14-6-15-11)16-8(3)12-17-9(5-21-12)13(18)19/h5-6,8H,4H2,1-3H3,(H,18,19)(H,14,15,16). The number of aromatic nitrogens is 3. The SMILES string of the molecule is CCOc1ncnc(NC(C)c2nc(C(=O)O)cs2)c1C. The van der Waals surface area contributed by atoms with Gasteiger partial charge in [0.15, 0.2) is 5.69 Å². The van der Waals surface area contributed by atoms with Crippen LogP contribution >= 0.6 is 11.3 Å². The summed E-state index contributed by atoms with van der Waals surface area (Å²) in [6.07, 6.45) is 1.43. The van der Waals surface area contributed by atoms with Gasteiger partial charge in [0, 0.05) is 5.38 Å². The molecule has 112 valence electrons. The van der Waals surface area contributed by atoms with Gasteiger partial charge in [-0.05, 0) is 20.8 Å². The average Bonchev–Trinajstić information content (AvgIpc) is 2.93. The first kappa shape index (κ1) is 15.2. The maximum Gasteiger partial charge on any atom is 0.355 e. The molecule has 0 aromatic carbocycles. The molecule has 8 heteroatoms. The lowest BCUT2D eigenvalue weighted by atomic mass is 10.3. The highest BCUT2D eigenvalue weighted by Gasteiger charge is 2.16. The van der Waals surface area contributed by atoms with Crippen LogP contribution in [0.4, 0.5) is 5.82 Å². The average molecular weight is 308 g/mol. The Morgan fingerprint density at radius 1 is 1.52 bits per heavy atom. The van der Waals surface area contributed by atoms with Crippen molar-refractivity contribution in [2.24, 2.45) is 0 Å². The highest BCUT2D eigenvalue weighted by molar-refractivity contribution is 7.09. The Bertz CT molecular complexity index is 644. The van der Waals surface area contributed by atoms with E-state index in [0.717, 1.165) is 5.56 Å². The molecule has 0 aliphatic rings. The van der Waals surface area contributed by atoms with E-state index in [4.69, 9.17) is 9.84 Å². The van der Waals surface area contributed by atoms with Crippen LogP contribution in [0.15, 0.2) is 11.7 Å². The van der Waals surface area contributed by atoms with E-state index < -0.39 is 5.97 Å². The lowest BCUT2D eigenvalue weighted by Crippen LogP contribution is -2.11. The van der Waals surface area contributed by atoms with Gasteiger partial charge in [0.05, 0.1) is 18.2 Å². The van der Waals surface area contributed by atoms with Gasteiger partial charge in [-0.15, -0.1) is 11.3 Å². The second-order valence-electron chi connectivity index (χ2n) is 4.33. The molecule has 2 aromatic rings. The largest absolute Gasteiger partial charge is 0.478 e. The minimum absolute atomic E-state index is 0.0538. The number of carboxylic acids is 1. The minimum atomic E-state index is -1.03. The third kappa shape index (κ3) is 3.46. The summed E-state index contributed by atoms with van der Waals surface area (Å²) in [5.74, 6) is 0.155. The predicted octanol–water partition coefficient (Wildman–Crippen LogP) is 2.51. The van der Waals surface area contributed by atoms with Crippen LogP contribution < -0.4 is 10.1 Å². The first-order valence-electron chi connectivity index (χ1n) is 6.42. The number of thiazole rings is 1. The molecule has 0 saturated heterocycles. The van der Waals surface area contributed by atoms with Gasteiger partial charge in [-0.3, -0.25) is 0 Å². The van der Waals surface area contributed by atoms with Crippen molar-refractivity contribution in [2.75, 3.05) is 11.9 Å². The van der Waals surface area contributed by atoms with Crippen molar-refractivity contribution in [1.29, 1.82) is 0 Å². The summed E-state index contributed by atoms with van der Waals surface area (Å²) in [7, 11) is 0. The molecule has 0 aliphatic carbocycles. The molecule has 21 heavy (non-hydrogen) atoms. The minimum Gasteiger partial charge on any atom is -0.478 e. The molecule has 0 aliphatic heterocycles. The van der Waals surface area contributed by atoms with Crippen LogP contribution in [0.2, 0.25) is 0 Å². The third-order valence-electron chi connectivity index (χ3n) is 2.78. The number of nitrogens with zero attached hydrogens (tertiary/aromatic N) is 3. The molecule has 0 bridgehead atoms. The maximum atomic E-state index is 10.9. The Morgan fingerprint density at radius 3 is 2.90 bits per heavy atom. The predicted molar refractivity (Wildman–Crippen MR) is 79.0 cm³/mol. The van der Waals surface area contributed by atoms with Crippen LogP contribution in [0.1, 0.15) is 40.9 Å². The number of carboxylic acid groups (broad SMARTS) is 1. The van der Waals surface area contributed by atoms with E-state index in [1.807, 2.05) is 20.8 Å². The van der Waals surface area contributed by atoms with Crippen molar-refractivity contribution < 1.29 is 14.6 Å². The van der Waals surface area contributed by atoms with Gasteiger partial charge in [-0.2, -0.15) is 0 Å². The zero-order valence-electron chi connectivity index (χ0n) is 12.0. The van der Waals surface area contributed by atoms with Crippen LogP contribution in [0, 0.1) is 6.92 Å². The zero-order valence-corrected chi connectivity index (χ0v) is 12.8. The Labute approximate surface area is 126 Å². The van der Waals surface area contributed by atoms with E-state index in [-0.39, 0.29) is 11.7 Å². The molecular weight excluding hydrogens is 292 g/mol. The van der Waals surface area contributed by atoms with E-state index in [9.17, 15) is 4.79 Å². The summed E-state index contributed by atoms with van der Waals surface area (Å²) in [5, 5.41) is 14.3. The first-order valence-corrected chi connectivity index (χ1v) is 7.30. The fraction of sp³-hybridized carbons (Fsp3) is 0.385. The number of hydrogen-bond acceptors (Lipinski definition) is 7. The lowest BCUT2D eigenvalue weighted by molar-refractivity contribution is 0.0691. The molecule has 0 radical (unpaired) electrons.